The first-order valence-corrected chi connectivity index (χ1v) is 10.1. The first-order valence-electron chi connectivity index (χ1n) is 9.31. The van der Waals surface area contributed by atoms with Gasteiger partial charge in [-0.05, 0) is 43.2 Å². The summed E-state index contributed by atoms with van der Waals surface area (Å²) >= 11 is 1.67. The number of benzene rings is 2. The molecule has 0 aliphatic carbocycles. The maximum absolute atomic E-state index is 12.8. The number of piperidine rings is 1. The van der Waals surface area contributed by atoms with Gasteiger partial charge in [0, 0.05) is 24.7 Å². The van der Waals surface area contributed by atoms with E-state index in [1.54, 1.807) is 43.8 Å². The highest BCUT2D eigenvalue weighted by Gasteiger charge is 2.25. The molecule has 1 N–H and O–H groups in total. The van der Waals surface area contributed by atoms with Gasteiger partial charge in [-0.2, -0.15) is 0 Å². The number of rotatable bonds is 5. The van der Waals surface area contributed by atoms with Crippen molar-refractivity contribution in [2.75, 3.05) is 32.6 Å². The Kier molecular flexibility index (Phi) is 5.34. The lowest BCUT2D eigenvalue weighted by Gasteiger charge is -2.32. The van der Waals surface area contributed by atoms with Crippen LogP contribution in [0, 0.1) is 0 Å². The zero-order valence-corrected chi connectivity index (χ0v) is 16.8. The molecule has 4 rings (SSSR count). The summed E-state index contributed by atoms with van der Waals surface area (Å²) in [6.07, 6.45) is 1.80. The fourth-order valence-corrected chi connectivity index (χ4v) is 4.43. The van der Waals surface area contributed by atoms with Crippen molar-refractivity contribution in [1.82, 2.24) is 9.88 Å². The van der Waals surface area contributed by atoms with E-state index in [2.05, 4.69) is 16.4 Å². The summed E-state index contributed by atoms with van der Waals surface area (Å²) in [5, 5.41) is 4.49. The standard InChI is InChI=1S/C21H23N3O3S/c1-26-17-8-7-14(13-18(17)27-2)20(25)24-11-9-15(10-12-24)22-21-23-16-5-3-4-6-19(16)28-21/h3-8,13,15H,9-12H2,1-2H3,(H,22,23). The SMILES string of the molecule is COc1ccc(C(=O)N2CCC(Nc3nc4ccccc4s3)CC2)cc1OC. The molecule has 1 aliphatic rings. The minimum atomic E-state index is 0.0272. The number of carbonyl (C=O) groups excluding carboxylic acids is 1. The lowest BCUT2D eigenvalue weighted by atomic mass is 10.0. The first kappa shape index (κ1) is 18.6. The van der Waals surface area contributed by atoms with E-state index in [-0.39, 0.29) is 5.91 Å². The number of hydrogen-bond acceptors (Lipinski definition) is 6. The van der Waals surface area contributed by atoms with E-state index >= 15 is 0 Å². The van der Waals surface area contributed by atoms with Gasteiger partial charge in [-0.3, -0.25) is 4.79 Å². The van der Waals surface area contributed by atoms with Crippen LogP contribution >= 0.6 is 11.3 Å². The van der Waals surface area contributed by atoms with Gasteiger partial charge in [-0.15, -0.1) is 0 Å². The maximum Gasteiger partial charge on any atom is 0.253 e. The average Bonchev–Trinajstić information content (AvgIpc) is 3.15. The number of para-hydroxylation sites is 1. The Labute approximate surface area is 168 Å². The van der Waals surface area contributed by atoms with Crippen LogP contribution in [0.3, 0.4) is 0 Å². The zero-order valence-electron chi connectivity index (χ0n) is 16.0. The number of hydrogen-bond donors (Lipinski definition) is 1. The molecule has 28 heavy (non-hydrogen) atoms. The second-order valence-corrected chi connectivity index (χ2v) is 7.80. The number of ether oxygens (including phenoxy) is 2. The quantitative estimate of drug-likeness (QED) is 0.704. The van der Waals surface area contributed by atoms with Gasteiger partial charge in [-0.25, -0.2) is 4.98 Å². The van der Waals surface area contributed by atoms with Gasteiger partial charge >= 0.3 is 0 Å². The summed E-state index contributed by atoms with van der Waals surface area (Å²) in [6.45, 7) is 1.44. The van der Waals surface area contributed by atoms with Gasteiger partial charge in [-0.1, -0.05) is 23.5 Å². The highest BCUT2D eigenvalue weighted by atomic mass is 32.1. The molecule has 0 spiro atoms. The average molecular weight is 398 g/mol. The van der Waals surface area contributed by atoms with Crippen molar-refractivity contribution in [2.24, 2.45) is 0 Å². The Morgan fingerprint density at radius 2 is 1.86 bits per heavy atom. The Bertz CT molecular complexity index is 947. The topological polar surface area (TPSA) is 63.7 Å². The molecular weight excluding hydrogens is 374 g/mol. The van der Waals surface area contributed by atoms with Crippen LogP contribution in [0.25, 0.3) is 10.2 Å². The number of nitrogens with zero attached hydrogens (tertiary/aromatic N) is 2. The molecule has 1 saturated heterocycles. The van der Waals surface area contributed by atoms with E-state index in [1.165, 1.54) is 4.70 Å². The van der Waals surface area contributed by atoms with Crippen molar-refractivity contribution in [2.45, 2.75) is 18.9 Å². The molecule has 0 bridgehead atoms. The van der Waals surface area contributed by atoms with Crippen molar-refractivity contribution < 1.29 is 14.3 Å². The molecule has 0 unspecified atom stereocenters. The minimum absolute atomic E-state index is 0.0272. The number of fused-ring (bicyclic) bond motifs is 1. The van der Waals surface area contributed by atoms with Crippen LogP contribution in [0.1, 0.15) is 23.2 Å². The molecule has 0 saturated carbocycles. The number of amides is 1. The summed E-state index contributed by atoms with van der Waals surface area (Å²) in [5.74, 6) is 1.22. The molecule has 6 nitrogen and oxygen atoms in total. The van der Waals surface area contributed by atoms with Crippen molar-refractivity contribution in [3.8, 4) is 11.5 Å². The Morgan fingerprint density at radius 1 is 1.11 bits per heavy atom. The van der Waals surface area contributed by atoms with Gasteiger partial charge in [0.2, 0.25) is 0 Å². The Hall–Kier alpha value is -2.80. The van der Waals surface area contributed by atoms with Crippen molar-refractivity contribution in [1.29, 1.82) is 0 Å². The highest BCUT2D eigenvalue weighted by molar-refractivity contribution is 7.22. The fourth-order valence-electron chi connectivity index (χ4n) is 3.49. The van der Waals surface area contributed by atoms with Crippen LogP contribution in [-0.4, -0.2) is 49.1 Å². The van der Waals surface area contributed by atoms with E-state index in [0.29, 0.717) is 23.1 Å². The molecule has 2 aromatic carbocycles. The predicted molar refractivity (Wildman–Crippen MR) is 112 cm³/mol. The van der Waals surface area contributed by atoms with Gasteiger partial charge in [0.05, 0.1) is 24.4 Å². The van der Waals surface area contributed by atoms with E-state index in [9.17, 15) is 4.79 Å². The van der Waals surface area contributed by atoms with Gasteiger partial charge in [0.25, 0.3) is 5.91 Å². The van der Waals surface area contributed by atoms with E-state index < -0.39 is 0 Å². The second-order valence-electron chi connectivity index (χ2n) is 6.77. The normalized spacial score (nSPS) is 14.9. The molecule has 1 fully saturated rings. The molecule has 7 heteroatoms. The lowest BCUT2D eigenvalue weighted by molar-refractivity contribution is 0.0718. The zero-order chi connectivity index (χ0) is 19.5. The predicted octanol–water partition coefficient (Wildman–Crippen LogP) is 4.03. The van der Waals surface area contributed by atoms with Crippen molar-refractivity contribution in [3.05, 3.63) is 48.0 Å². The van der Waals surface area contributed by atoms with Crippen LogP contribution in [0.4, 0.5) is 5.13 Å². The summed E-state index contributed by atoms with van der Waals surface area (Å²) in [6, 6.07) is 13.8. The third kappa shape index (κ3) is 3.75. The minimum Gasteiger partial charge on any atom is -0.493 e. The molecule has 1 aromatic heterocycles. The fraction of sp³-hybridized carbons (Fsp3) is 0.333. The largest absolute Gasteiger partial charge is 0.493 e. The number of carbonyl (C=O) groups is 1. The van der Waals surface area contributed by atoms with Crippen molar-refractivity contribution in [3.63, 3.8) is 0 Å². The number of anilines is 1. The van der Waals surface area contributed by atoms with Crippen LogP contribution in [-0.2, 0) is 0 Å². The Balaban J connectivity index is 1.37. The third-order valence-electron chi connectivity index (χ3n) is 5.03. The van der Waals surface area contributed by atoms with Crippen LogP contribution < -0.4 is 14.8 Å². The smallest absolute Gasteiger partial charge is 0.253 e. The first-order chi connectivity index (χ1) is 13.7. The van der Waals surface area contributed by atoms with Crippen LogP contribution in [0.2, 0.25) is 0 Å². The lowest BCUT2D eigenvalue weighted by Crippen LogP contribution is -2.42. The van der Waals surface area contributed by atoms with Crippen LogP contribution in [0.5, 0.6) is 11.5 Å². The van der Waals surface area contributed by atoms with E-state index in [0.717, 1.165) is 36.6 Å². The van der Waals surface area contributed by atoms with Crippen molar-refractivity contribution >= 4 is 32.6 Å². The molecule has 1 amide bonds. The number of thiazole rings is 1. The van der Waals surface area contributed by atoms with Gasteiger partial charge in [0.15, 0.2) is 16.6 Å². The summed E-state index contributed by atoms with van der Waals surface area (Å²) < 4.78 is 11.7. The maximum atomic E-state index is 12.8. The molecule has 3 aromatic rings. The molecule has 0 radical (unpaired) electrons. The number of likely N-dealkylation sites (tertiary alicyclic amines) is 1. The molecular formula is C21H23N3O3S. The van der Waals surface area contributed by atoms with E-state index in [4.69, 9.17) is 9.47 Å². The molecule has 146 valence electrons. The number of nitrogens with one attached hydrogen (secondary N) is 1. The van der Waals surface area contributed by atoms with E-state index in [1.807, 2.05) is 23.1 Å². The molecule has 2 heterocycles. The molecule has 1 aliphatic heterocycles. The monoisotopic (exact) mass is 397 g/mol. The summed E-state index contributed by atoms with van der Waals surface area (Å²) in [4.78, 5) is 19.4. The second kappa shape index (κ2) is 8.06. The molecule has 0 atom stereocenters. The highest BCUT2D eigenvalue weighted by Crippen LogP contribution is 2.29. The summed E-state index contributed by atoms with van der Waals surface area (Å²) in [5.41, 5.74) is 1.64. The number of methoxy groups -OCH3 is 2. The third-order valence-corrected chi connectivity index (χ3v) is 6.00. The number of aromatic nitrogens is 1. The summed E-state index contributed by atoms with van der Waals surface area (Å²) in [7, 11) is 3.16. The Morgan fingerprint density at radius 3 is 2.57 bits per heavy atom. The van der Waals surface area contributed by atoms with Crippen LogP contribution in [0.15, 0.2) is 42.5 Å². The van der Waals surface area contributed by atoms with Gasteiger partial charge < -0.3 is 19.7 Å². The van der Waals surface area contributed by atoms with Gasteiger partial charge in [0.1, 0.15) is 0 Å².